The van der Waals surface area contributed by atoms with Crippen molar-refractivity contribution in [3.05, 3.63) is 84.7 Å². The zero-order valence-electron chi connectivity index (χ0n) is 14.9. The van der Waals surface area contributed by atoms with Crippen LogP contribution >= 0.6 is 34.8 Å². The van der Waals surface area contributed by atoms with E-state index in [0.717, 1.165) is 0 Å². The lowest BCUT2D eigenvalue weighted by molar-refractivity contribution is -0.384. The Morgan fingerprint density at radius 3 is 2.45 bits per heavy atom. The fourth-order valence-electron chi connectivity index (χ4n) is 2.47. The lowest BCUT2D eigenvalue weighted by Gasteiger charge is -2.09. The van der Waals surface area contributed by atoms with Crippen LogP contribution in [0.4, 0.5) is 11.4 Å². The molecule has 7 nitrogen and oxygen atoms in total. The van der Waals surface area contributed by atoms with Gasteiger partial charge in [-0.15, -0.1) is 0 Å². The summed E-state index contributed by atoms with van der Waals surface area (Å²) in [5.41, 5.74) is 0.932. The largest absolute Gasteiger partial charge is 0.483 e. The normalized spacial score (nSPS) is 10.6. The highest BCUT2D eigenvalue weighted by Crippen LogP contribution is 2.36. The van der Waals surface area contributed by atoms with Crippen LogP contribution in [0.25, 0.3) is 0 Å². The van der Waals surface area contributed by atoms with E-state index in [2.05, 4.69) is 5.32 Å². The van der Waals surface area contributed by atoms with Gasteiger partial charge < -0.3 is 14.5 Å². The summed E-state index contributed by atoms with van der Waals surface area (Å²) < 4.78 is 11.1. The zero-order chi connectivity index (χ0) is 21.1. The number of anilines is 1. The van der Waals surface area contributed by atoms with Gasteiger partial charge in [0.25, 0.3) is 11.6 Å². The second kappa shape index (κ2) is 8.73. The van der Waals surface area contributed by atoms with Crippen LogP contribution in [0.15, 0.2) is 46.9 Å². The number of rotatable bonds is 6. The van der Waals surface area contributed by atoms with Crippen molar-refractivity contribution in [2.24, 2.45) is 0 Å². The van der Waals surface area contributed by atoms with Gasteiger partial charge in [-0.25, -0.2) is 0 Å². The van der Waals surface area contributed by atoms with Gasteiger partial charge in [0.2, 0.25) is 0 Å². The molecule has 1 aromatic heterocycles. The van der Waals surface area contributed by atoms with Crippen LogP contribution in [-0.4, -0.2) is 10.8 Å². The molecule has 0 aliphatic heterocycles. The number of hydrogen-bond donors (Lipinski definition) is 1. The van der Waals surface area contributed by atoms with Gasteiger partial charge in [0.1, 0.15) is 12.4 Å². The maximum absolute atomic E-state index is 12.4. The maximum atomic E-state index is 12.4. The van der Waals surface area contributed by atoms with Gasteiger partial charge in [0.15, 0.2) is 11.5 Å². The number of hydrogen-bond acceptors (Lipinski definition) is 5. The highest BCUT2D eigenvalue weighted by Gasteiger charge is 2.16. The third-order valence-electron chi connectivity index (χ3n) is 3.88. The highest BCUT2D eigenvalue weighted by atomic mass is 35.5. The van der Waals surface area contributed by atoms with Crippen molar-refractivity contribution in [3.63, 3.8) is 0 Å². The predicted octanol–water partition coefficient (Wildman–Crippen LogP) is 6.29. The summed E-state index contributed by atoms with van der Waals surface area (Å²) in [5.74, 6) is 0.171. The molecule has 0 spiro atoms. The summed E-state index contributed by atoms with van der Waals surface area (Å²) >= 11 is 18.0. The number of nitrogens with one attached hydrogen (secondary N) is 1. The van der Waals surface area contributed by atoms with E-state index in [9.17, 15) is 14.9 Å². The van der Waals surface area contributed by atoms with Gasteiger partial charge in [0.05, 0.1) is 15.0 Å². The van der Waals surface area contributed by atoms with E-state index in [1.807, 2.05) is 0 Å². The average molecular weight is 456 g/mol. The molecule has 2 aromatic carbocycles. The minimum absolute atomic E-state index is 0.00902. The second-order valence-electron chi connectivity index (χ2n) is 5.96. The Morgan fingerprint density at radius 1 is 1.14 bits per heavy atom. The third kappa shape index (κ3) is 5.00. The van der Waals surface area contributed by atoms with E-state index in [0.29, 0.717) is 22.0 Å². The Morgan fingerprint density at radius 2 is 1.83 bits per heavy atom. The van der Waals surface area contributed by atoms with E-state index < -0.39 is 10.8 Å². The van der Waals surface area contributed by atoms with Gasteiger partial charge in [-0.1, -0.05) is 34.8 Å². The van der Waals surface area contributed by atoms with Crippen molar-refractivity contribution in [3.8, 4) is 5.75 Å². The van der Waals surface area contributed by atoms with Crippen LogP contribution in [0.3, 0.4) is 0 Å². The van der Waals surface area contributed by atoms with E-state index >= 15 is 0 Å². The fourth-order valence-corrected chi connectivity index (χ4v) is 3.40. The average Bonchev–Trinajstić information content (AvgIpc) is 3.11. The number of carbonyl (C=O) groups is 1. The zero-order valence-corrected chi connectivity index (χ0v) is 17.1. The molecule has 0 atom stereocenters. The lowest BCUT2D eigenvalue weighted by Crippen LogP contribution is -2.12. The number of carbonyl (C=O) groups excluding carboxylic acids is 1. The first-order valence-corrected chi connectivity index (χ1v) is 9.30. The molecule has 1 heterocycles. The SMILES string of the molecule is Cc1cc([N+](=O)[O-])ccc1NC(=O)c1ccc(COc2c(Cl)cc(Cl)cc2Cl)o1. The van der Waals surface area contributed by atoms with Crippen LogP contribution in [0.5, 0.6) is 5.75 Å². The summed E-state index contributed by atoms with van der Waals surface area (Å²) in [5, 5.41) is 14.3. The monoisotopic (exact) mass is 454 g/mol. The topological polar surface area (TPSA) is 94.6 Å². The lowest BCUT2D eigenvalue weighted by atomic mass is 10.2. The Hall–Kier alpha value is -2.74. The summed E-state index contributed by atoms with van der Waals surface area (Å²) in [4.78, 5) is 22.7. The van der Waals surface area contributed by atoms with Gasteiger partial charge in [-0.2, -0.15) is 0 Å². The molecule has 3 rings (SSSR count). The summed E-state index contributed by atoms with van der Waals surface area (Å²) in [7, 11) is 0. The van der Waals surface area contributed by atoms with Crippen LogP contribution in [-0.2, 0) is 6.61 Å². The molecule has 0 radical (unpaired) electrons. The summed E-state index contributed by atoms with van der Waals surface area (Å²) in [6.45, 7) is 1.65. The van der Waals surface area contributed by atoms with Crippen molar-refractivity contribution in [2.75, 3.05) is 5.32 Å². The van der Waals surface area contributed by atoms with E-state index in [1.54, 1.807) is 13.0 Å². The molecule has 0 saturated heterocycles. The number of furan rings is 1. The number of nitro groups is 1. The number of aryl methyl sites for hydroxylation is 1. The molecule has 0 aliphatic rings. The van der Waals surface area contributed by atoms with E-state index in [1.165, 1.54) is 36.4 Å². The Kier molecular flexibility index (Phi) is 6.32. The Labute approximate surface area is 180 Å². The molecule has 1 N–H and O–H groups in total. The Balaban J connectivity index is 1.67. The van der Waals surface area contributed by atoms with E-state index in [-0.39, 0.29) is 33.8 Å². The smallest absolute Gasteiger partial charge is 0.291 e. The molecule has 29 heavy (non-hydrogen) atoms. The number of nitrogens with zero attached hydrogens (tertiary/aromatic N) is 1. The number of benzene rings is 2. The molecular weight excluding hydrogens is 443 g/mol. The minimum Gasteiger partial charge on any atom is -0.483 e. The molecule has 10 heteroatoms. The van der Waals surface area contributed by atoms with Gasteiger partial charge in [-0.05, 0) is 42.8 Å². The van der Waals surface area contributed by atoms with Crippen molar-refractivity contribution < 1.29 is 18.9 Å². The number of halogens is 3. The van der Waals surface area contributed by atoms with Crippen LogP contribution in [0.1, 0.15) is 21.9 Å². The number of ether oxygens (including phenoxy) is 1. The molecule has 1 amide bonds. The first-order valence-electron chi connectivity index (χ1n) is 8.17. The van der Waals surface area contributed by atoms with Crippen molar-refractivity contribution in [1.82, 2.24) is 0 Å². The minimum atomic E-state index is -0.504. The Bertz CT molecular complexity index is 1070. The van der Waals surface area contributed by atoms with Crippen LogP contribution < -0.4 is 10.1 Å². The first kappa shape index (κ1) is 21.0. The van der Waals surface area contributed by atoms with E-state index in [4.69, 9.17) is 44.0 Å². The van der Waals surface area contributed by atoms with Crippen molar-refractivity contribution in [2.45, 2.75) is 13.5 Å². The first-order chi connectivity index (χ1) is 13.7. The molecule has 0 saturated carbocycles. The molecule has 0 bridgehead atoms. The van der Waals surface area contributed by atoms with Crippen molar-refractivity contribution in [1.29, 1.82) is 0 Å². The van der Waals surface area contributed by atoms with Crippen molar-refractivity contribution >= 4 is 52.1 Å². The predicted molar refractivity (Wildman–Crippen MR) is 110 cm³/mol. The number of nitro benzene ring substituents is 1. The number of non-ortho nitro benzene ring substituents is 1. The van der Waals surface area contributed by atoms with Crippen LogP contribution in [0, 0.1) is 17.0 Å². The molecule has 0 fully saturated rings. The molecule has 0 aliphatic carbocycles. The third-order valence-corrected chi connectivity index (χ3v) is 4.66. The van der Waals surface area contributed by atoms with Gasteiger partial charge in [-0.3, -0.25) is 14.9 Å². The molecular formula is C19H13Cl3N2O5. The maximum Gasteiger partial charge on any atom is 0.291 e. The van der Waals surface area contributed by atoms with Gasteiger partial charge in [0, 0.05) is 22.8 Å². The summed E-state index contributed by atoms with van der Waals surface area (Å²) in [6.07, 6.45) is 0. The van der Waals surface area contributed by atoms with Crippen LogP contribution in [0.2, 0.25) is 15.1 Å². The quantitative estimate of drug-likeness (QED) is 0.348. The second-order valence-corrected chi connectivity index (χ2v) is 7.21. The molecule has 150 valence electrons. The number of amides is 1. The van der Waals surface area contributed by atoms with Gasteiger partial charge >= 0.3 is 0 Å². The summed E-state index contributed by atoms with van der Waals surface area (Å²) in [6, 6.07) is 10.2. The fraction of sp³-hybridized carbons (Fsp3) is 0.105. The standard InChI is InChI=1S/C19H13Cl3N2O5/c1-10-6-12(24(26)27)2-4-16(10)23-19(25)17-5-3-13(29-17)9-28-18-14(21)7-11(20)8-15(18)22/h2-8H,9H2,1H3,(H,23,25). The molecule has 3 aromatic rings. The molecule has 0 unspecified atom stereocenters. The highest BCUT2D eigenvalue weighted by molar-refractivity contribution is 6.40.